The lowest BCUT2D eigenvalue weighted by Gasteiger charge is -2.32. The molecule has 4 rings (SSSR count). The van der Waals surface area contributed by atoms with E-state index in [0.29, 0.717) is 5.92 Å². The van der Waals surface area contributed by atoms with Crippen molar-refractivity contribution in [3.8, 4) is 11.1 Å². The Balaban J connectivity index is 1.53. The van der Waals surface area contributed by atoms with Gasteiger partial charge in [0.25, 0.3) is 0 Å². The van der Waals surface area contributed by atoms with Gasteiger partial charge in [0.2, 0.25) is 0 Å². The molecule has 130 valence electrons. The van der Waals surface area contributed by atoms with Crippen molar-refractivity contribution < 1.29 is 4.39 Å². The zero-order chi connectivity index (χ0) is 17.2. The first kappa shape index (κ1) is 16.5. The van der Waals surface area contributed by atoms with Crippen LogP contribution in [0.3, 0.4) is 0 Å². The van der Waals surface area contributed by atoms with Crippen LogP contribution in [0.4, 0.5) is 4.39 Å². The zero-order valence-electron chi connectivity index (χ0n) is 14.3. The summed E-state index contributed by atoms with van der Waals surface area (Å²) in [6.07, 6.45) is 4.22. The number of rotatable bonds is 4. The van der Waals surface area contributed by atoms with Gasteiger partial charge in [0.15, 0.2) is 0 Å². The van der Waals surface area contributed by atoms with Crippen LogP contribution in [0.25, 0.3) is 11.1 Å². The zero-order valence-corrected chi connectivity index (χ0v) is 15.2. The molecule has 5 heteroatoms. The second kappa shape index (κ2) is 7.10. The van der Waals surface area contributed by atoms with E-state index in [1.54, 1.807) is 0 Å². The SMILES string of the molecule is Cc1ccsc1CN1CCCC(c2[nH]ncc2-c2ccc(F)cc2)C1. The van der Waals surface area contributed by atoms with Crippen molar-refractivity contribution in [1.82, 2.24) is 15.1 Å². The minimum atomic E-state index is -0.205. The maximum atomic E-state index is 13.2. The summed E-state index contributed by atoms with van der Waals surface area (Å²) in [6.45, 7) is 5.40. The third-order valence-corrected chi connectivity index (χ3v) is 6.08. The minimum Gasteiger partial charge on any atom is -0.298 e. The van der Waals surface area contributed by atoms with Gasteiger partial charge < -0.3 is 0 Å². The van der Waals surface area contributed by atoms with E-state index in [9.17, 15) is 4.39 Å². The molecule has 1 unspecified atom stereocenters. The number of likely N-dealkylation sites (tertiary alicyclic amines) is 1. The number of hydrogen-bond donors (Lipinski definition) is 1. The molecule has 1 saturated heterocycles. The van der Waals surface area contributed by atoms with Crippen molar-refractivity contribution in [3.63, 3.8) is 0 Å². The molecule has 1 aliphatic rings. The highest BCUT2D eigenvalue weighted by atomic mass is 32.1. The molecule has 2 aromatic heterocycles. The Bertz CT molecular complexity index is 837. The molecule has 0 saturated carbocycles. The van der Waals surface area contributed by atoms with Crippen molar-refractivity contribution >= 4 is 11.3 Å². The summed E-state index contributed by atoms with van der Waals surface area (Å²) in [5.74, 6) is 0.237. The van der Waals surface area contributed by atoms with Crippen LogP contribution < -0.4 is 0 Å². The van der Waals surface area contributed by atoms with Gasteiger partial charge in [-0.3, -0.25) is 10.00 Å². The molecule has 0 spiro atoms. The van der Waals surface area contributed by atoms with Gasteiger partial charge in [-0.05, 0) is 61.0 Å². The number of hydrogen-bond acceptors (Lipinski definition) is 3. The summed E-state index contributed by atoms with van der Waals surface area (Å²) in [5.41, 5.74) is 4.69. The fourth-order valence-electron chi connectivity index (χ4n) is 3.67. The quantitative estimate of drug-likeness (QED) is 0.717. The van der Waals surface area contributed by atoms with E-state index in [4.69, 9.17) is 0 Å². The maximum absolute atomic E-state index is 13.2. The average molecular weight is 355 g/mol. The van der Waals surface area contributed by atoms with Crippen LogP contribution in [0.2, 0.25) is 0 Å². The Labute approximate surface area is 151 Å². The molecule has 0 aliphatic carbocycles. The van der Waals surface area contributed by atoms with Gasteiger partial charge in [0.1, 0.15) is 5.82 Å². The predicted octanol–water partition coefficient (Wildman–Crippen LogP) is 4.97. The Hall–Kier alpha value is -1.98. The first-order chi connectivity index (χ1) is 12.2. The van der Waals surface area contributed by atoms with Crippen LogP contribution in [-0.4, -0.2) is 28.2 Å². The molecule has 1 aromatic carbocycles. The van der Waals surface area contributed by atoms with Crippen LogP contribution in [0.15, 0.2) is 41.9 Å². The number of aryl methyl sites for hydroxylation is 1. The molecular formula is C20H22FN3S. The average Bonchev–Trinajstić information content (AvgIpc) is 3.26. The van der Waals surface area contributed by atoms with Gasteiger partial charge in [0, 0.05) is 35.1 Å². The second-order valence-electron chi connectivity index (χ2n) is 6.81. The third kappa shape index (κ3) is 3.53. The van der Waals surface area contributed by atoms with Crippen LogP contribution in [0.1, 0.15) is 34.9 Å². The molecule has 1 aliphatic heterocycles. The molecule has 1 fully saturated rings. The number of piperidine rings is 1. The third-order valence-electron chi connectivity index (χ3n) is 5.07. The number of aromatic amines is 1. The maximum Gasteiger partial charge on any atom is 0.123 e. The van der Waals surface area contributed by atoms with Crippen molar-refractivity contribution in [1.29, 1.82) is 0 Å². The molecule has 3 nitrogen and oxygen atoms in total. The fraction of sp³-hybridized carbons (Fsp3) is 0.350. The predicted molar refractivity (Wildman–Crippen MR) is 100 cm³/mol. The molecule has 0 bridgehead atoms. The molecular weight excluding hydrogens is 333 g/mol. The molecule has 25 heavy (non-hydrogen) atoms. The minimum absolute atomic E-state index is 0.205. The van der Waals surface area contributed by atoms with E-state index < -0.39 is 0 Å². The largest absolute Gasteiger partial charge is 0.298 e. The summed E-state index contributed by atoms with van der Waals surface area (Å²) < 4.78 is 13.2. The normalized spacial score (nSPS) is 18.6. The molecule has 1 N–H and O–H groups in total. The lowest BCUT2D eigenvalue weighted by Crippen LogP contribution is -2.34. The molecule has 3 aromatic rings. The lowest BCUT2D eigenvalue weighted by atomic mass is 9.90. The monoisotopic (exact) mass is 355 g/mol. The second-order valence-corrected chi connectivity index (χ2v) is 7.81. The first-order valence-corrected chi connectivity index (χ1v) is 9.63. The van der Waals surface area contributed by atoms with Gasteiger partial charge in [-0.15, -0.1) is 11.3 Å². The summed E-state index contributed by atoms with van der Waals surface area (Å²) >= 11 is 1.85. The van der Waals surface area contributed by atoms with Gasteiger partial charge in [0.05, 0.1) is 6.20 Å². The van der Waals surface area contributed by atoms with Gasteiger partial charge in [-0.1, -0.05) is 12.1 Å². The summed E-state index contributed by atoms with van der Waals surface area (Å²) in [6, 6.07) is 8.89. The number of benzene rings is 1. The summed E-state index contributed by atoms with van der Waals surface area (Å²) in [4.78, 5) is 4.01. The Morgan fingerprint density at radius 1 is 1.28 bits per heavy atom. The Morgan fingerprint density at radius 2 is 2.12 bits per heavy atom. The van der Waals surface area contributed by atoms with Gasteiger partial charge >= 0.3 is 0 Å². The number of halogens is 1. The van der Waals surface area contributed by atoms with Gasteiger partial charge in [-0.25, -0.2) is 4.39 Å². The van der Waals surface area contributed by atoms with Crippen molar-refractivity contribution in [2.75, 3.05) is 13.1 Å². The van der Waals surface area contributed by atoms with E-state index >= 15 is 0 Å². The number of thiophene rings is 1. The van der Waals surface area contributed by atoms with Gasteiger partial charge in [-0.2, -0.15) is 5.10 Å². The Kier molecular flexibility index (Phi) is 4.68. The first-order valence-electron chi connectivity index (χ1n) is 8.75. The molecule has 0 radical (unpaired) electrons. The number of nitrogens with one attached hydrogen (secondary N) is 1. The van der Waals surface area contributed by atoms with E-state index in [2.05, 4.69) is 33.5 Å². The lowest BCUT2D eigenvalue weighted by molar-refractivity contribution is 0.200. The van der Waals surface area contributed by atoms with Crippen molar-refractivity contribution in [2.24, 2.45) is 0 Å². The topological polar surface area (TPSA) is 31.9 Å². The highest BCUT2D eigenvalue weighted by Crippen LogP contribution is 2.34. The summed E-state index contributed by atoms with van der Waals surface area (Å²) in [7, 11) is 0. The van der Waals surface area contributed by atoms with Crippen LogP contribution >= 0.6 is 11.3 Å². The highest BCUT2D eigenvalue weighted by Gasteiger charge is 2.25. The number of nitrogens with zero attached hydrogens (tertiary/aromatic N) is 2. The molecule has 0 amide bonds. The van der Waals surface area contributed by atoms with Crippen molar-refractivity contribution in [2.45, 2.75) is 32.2 Å². The summed E-state index contributed by atoms with van der Waals surface area (Å²) in [5, 5.41) is 9.66. The standard InChI is InChI=1S/C20H22FN3S/c1-14-8-10-25-19(14)13-24-9-2-3-16(12-24)20-18(11-22-23-20)15-4-6-17(21)7-5-15/h4-8,10-11,16H,2-3,9,12-13H2,1H3,(H,22,23). The van der Waals surface area contributed by atoms with E-state index in [1.807, 2.05) is 29.7 Å². The van der Waals surface area contributed by atoms with E-state index in [1.165, 1.54) is 34.7 Å². The van der Waals surface area contributed by atoms with Crippen LogP contribution in [0, 0.1) is 12.7 Å². The number of aromatic nitrogens is 2. The molecule has 1 atom stereocenters. The smallest absolute Gasteiger partial charge is 0.123 e. The number of H-pyrrole nitrogens is 1. The van der Waals surface area contributed by atoms with Crippen molar-refractivity contribution in [3.05, 3.63) is 63.9 Å². The fourth-order valence-corrected chi connectivity index (χ4v) is 4.62. The van der Waals surface area contributed by atoms with E-state index in [-0.39, 0.29) is 5.82 Å². The van der Waals surface area contributed by atoms with Crippen LogP contribution in [0.5, 0.6) is 0 Å². The van der Waals surface area contributed by atoms with Crippen LogP contribution in [-0.2, 0) is 6.54 Å². The van der Waals surface area contributed by atoms with E-state index in [0.717, 1.165) is 37.2 Å². The Morgan fingerprint density at radius 3 is 2.88 bits per heavy atom. The highest BCUT2D eigenvalue weighted by molar-refractivity contribution is 7.10. The molecule has 3 heterocycles.